The molecule has 0 aromatic heterocycles. The molecule has 0 aliphatic carbocycles. The Morgan fingerprint density at radius 1 is 1.35 bits per heavy atom. The number of carboxylic acids is 1. The van der Waals surface area contributed by atoms with Gasteiger partial charge in [-0.2, -0.15) is 0 Å². The normalized spacial score (nSPS) is 12.8. The van der Waals surface area contributed by atoms with Crippen LogP contribution in [0.1, 0.15) is 32.8 Å². The summed E-state index contributed by atoms with van der Waals surface area (Å²) < 4.78 is 0.889. The summed E-state index contributed by atoms with van der Waals surface area (Å²) in [6.45, 7) is 5.82. The van der Waals surface area contributed by atoms with Gasteiger partial charge in [0, 0.05) is 17.3 Å². The third kappa shape index (κ3) is 6.19. The summed E-state index contributed by atoms with van der Waals surface area (Å²) >= 11 is 3.34. The summed E-state index contributed by atoms with van der Waals surface area (Å²) in [4.78, 5) is 23.1. The topological polar surface area (TPSA) is 66.4 Å². The summed E-state index contributed by atoms with van der Waals surface area (Å²) in [5.41, 5.74) is 0.700. The van der Waals surface area contributed by atoms with Gasteiger partial charge in [-0.05, 0) is 23.1 Å². The molecule has 0 heterocycles. The van der Waals surface area contributed by atoms with Crippen molar-refractivity contribution in [2.45, 2.75) is 39.7 Å². The van der Waals surface area contributed by atoms with Crippen molar-refractivity contribution in [2.75, 3.05) is 0 Å². The molecular formula is C15H20BrNO3. The zero-order valence-corrected chi connectivity index (χ0v) is 13.5. The van der Waals surface area contributed by atoms with E-state index in [-0.39, 0.29) is 17.7 Å². The molecule has 0 aliphatic rings. The fourth-order valence-corrected chi connectivity index (χ4v) is 2.27. The number of hydrogen-bond acceptors (Lipinski definition) is 2. The Hall–Kier alpha value is -1.36. The van der Waals surface area contributed by atoms with Crippen molar-refractivity contribution in [3.8, 4) is 0 Å². The second-order valence-corrected chi connectivity index (χ2v) is 6.95. The predicted molar refractivity (Wildman–Crippen MR) is 81.5 cm³/mol. The molecule has 1 aromatic carbocycles. The molecule has 0 radical (unpaired) electrons. The lowest BCUT2D eigenvalue weighted by Gasteiger charge is -2.20. The number of carbonyl (C=O) groups is 2. The molecule has 110 valence electrons. The Morgan fingerprint density at radius 2 is 2.00 bits per heavy atom. The predicted octanol–water partition coefficient (Wildman–Crippen LogP) is 3.00. The fourth-order valence-electron chi connectivity index (χ4n) is 1.83. The van der Waals surface area contributed by atoms with E-state index in [4.69, 9.17) is 0 Å². The number of rotatable bonds is 5. The lowest BCUT2D eigenvalue weighted by atomic mass is 9.91. The number of amides is 1. The maximum absolute atomic E-state index is 11.8. The van der Waals surface area contributed by atoms with Crippen LogP contribution in [0.4, 0.5) is 0 Å². The molecule has 20 heavy (non-hydrogen) atoms. The van der Waals surface area contributed by atoms with Crippen LogP contribution in [-0.2, 0) is 16.0 Å². The summed E-state index contributed by atoms with van der Waals surface area (Å²) in [6, 6.07) is 6.51. The number of halogens is 1. The minimum atomic E-state index is -1.02. The standard InChI is InChI=1S/C15H20BrNO3/c1-15(2,3)9-13(18)17-12(14(19)20)8-10-5-4-6-11(16)7-10/h4-7,12H,8-9H2,1-3H3,(H,17,18)(H,19,20)/t12-/m0/s1. The van der Waals surface area contributed by atoms with E-state index < -0.39 is 12.0 Å². The van der Waals surface area contributed by atoms with Crippen molar-refractivity contribution in [1.82, 2.24) is 5.32 Å². The number of hydrogen-bond donors (Lipinski definition) is 2. The number of benzene rings is 1. The smallest absolute Gasteiger partial charge is 0.326 e. The Morgan fingerprint density at radius 3 is 2.50 bits per heavy atom. The van der Waals surface area contributed by atoms with Crippen LogP contribution >= 0.6 is 15.9 Å². The van der Waals surface area contributed by atoms with Gasteiger partial charge in [0.2, 0.25) is 5.91 Å². The molecule has 1 rings (SSSR count). The van der Waals surface area contributed by atoms with Crippen molar-refractivity contribution in [3.05, 3.63) is 34.3 Å². The van der Waals surface area contributed by atoms with E-state index in [1.54, 1.807) is 0 Å². The Bertz CT molecular complexity index is 494. The molecule has 2 N–H and O–H groups in total. The fraction of sp³-hybridized carbons (Fsp3) is 0.467. The highest BCUT2D eigenvalue weighted by atomic mass is 79.9. The molecule has 1 atom stereocenters. The van der Waals surface area contributed by atoms with Gasteiger partial charge >= 0.3 is 5.97 Å². The van der Waals surface area contributed by atoms with Gasteiger partial charge in [0.05, 0.1) is 0 Å². The molecule has 0 bridgehead atoms. The Kier molecular flexibility index (Phi) is 5.74. The maximum Gasteiger partial charge on any atom is 0.326 e. The van der Waals surface area contributed by atoms with E-state index in [1.165, 1.54) is 0 Å². The van der Waals surface area contributed by atoms with Crippen LogP contribution in [0.2, 0.25) is 0 Å². The second kappa shape index (κ2) is 6.88. The molecule has 0 fully saturated rings. The average Bonchev–Trinajstić information content (AvgIpc) is 2.25. The van der Waals surface area contributed by atoms with Crippen molar-refractivity contribution in [3.63, 3.8) is 0 Å². The van der Waals surface area contributed by atoms with Crippen molar-refractivity contribution < 1.29 is 14.7 Å². The molecule has 0 spiro atoms. The molecular weight excluding hydrogens is 322 g/mol. The molecule has 5 heteroatoms. The number of carboxylic acid groups (broad SMARTS) is 1. The molecule has 4 nitrogen and oxygen atoms in total. The van der Waals surface area contributed by atoms with Gasteiger partial charge in [-0.25, -0.2) is 4.79 Å². The first-order valence-electron chi connectivity index (χ1n) is 6.44. The zero-order valence-electron chi connectivity index (χ0n) is 11.9. The SMILES string of the molecule is CC(C)(C)CC(=O)N[C@@H](Cc1cccc(Br)c1)C(=O)O. The summed E-state index contributed by atoms with van der Waals surface area (Å²) in [5.74, 6) is -1.26. The van der Waals surface area contributed by atoms with Gasteiger partial charge in [-0.1, -0.05) is 48.8 Å². The molecule has 0 saturated carbocycles. The van der Waals surface area contributed by atoms with E-state index in [2.05, 4.69) is 21.2 Å². The average molecular weight is 342 g/mol. The number of carbonyl (C=O) groups excluding carboxylic acids is 1. The summed E-state index contributed by atoms with van der Waals surface area (Å²) in [6.07, 6.45) is 0.569. The van der Waals surface area contributed by atoms with Gasteiger partial charge in [0.1, 0.15) is 6.04 Å². The van der Waals surface area contributed by atoms with Crippen LogP contribution in [0.25, 0.3) is 0 Å². The van der Waals surface area contributed by atoms with Crippen LogP contribution in [0.5, 0.6) is 0 Å². The highest BCUT2D eigenvalue weighted by Gasteiger charge is 2.23. The molecule has 1 amide bonds. The first-order valence-corrected chi connectivity index (χ1v) is 7.23. The van der Waals surface area contributed by atoms with Crippen molar-refractivity contribution in [2.24, 2.45) is 5.41 Å². The Labute approximate surface area is 127 Å². The molecule has 0 aliphatic heterocycles. The van der Waals surface area contributed by atoms with Crippen LogP contribution in [0.15, 0.2) is 28.7 Å². The van der Waals surface area contributed by atoms with Crippen LogP contribution in [0.3, 0.4) is 0 Å². The summed E-state index contributed by atoms with van der Waals surface area (Å²) in [5, 5.41) is 11.8. The number of aliphatic carboxylic acids is 1. The second-order valence-electron chi connectivity index (χ2n) is 6.03. The first kappa shape index (κ1) is 16.7. The minimum Gasteiger partial charge on any atom is -0.480 e. The number of nitrogens with one attached hydrogen (secondary N) is 1. The minimum absolute atomic E-state index is 0.164. The van der Waals surface area contributed by atoms with Crippen LogP contribution < -0.4 is 5.32 Å². The highest BCUT2D eigenvalue weighted by molar-refractivity contribution is 9.10. The van der Waals surface area contributed by atoms with Crippen molar-refractivity contribution >= 4 is 27.8 Å². The van der Waals surface area contributed by atoms with E-state index in [1.807, 2.05) is 45.0 Å². The van der Waals surface area contributed by atoms with Crippen molar-refractivity contribution in [1.29, 1.82) is 0 Å². The monoisotopic (exact) mass is 341 g/mol. The van der Waals surface area contributed by atoms with Gasteiger partial charge in [-0.15, -0.1) is 0 Å². The summed E-state index contributed by atoms with van der Waals surface area (Å²) in [7, 11) is 0. The van der Waals surface area contributed by atoms with Gasteiger partial charge in [-0.3, -0.25) is 4.79 Å². The largest absolute Gasteiger partial charge is 0.480 e. The molecule has 0 unspecified atom stereocenters. The van der Waals surface area contributed by atoms with Gasteiger partial charge in [0.25, 0.3) is 0 Å². The van der Waals surface area contributed by atoms with E-state index in [0.29, 0.717) is 6.42 Å². The van der Waals surface area contributed by atoms with E-state index in [9.17, 15) is 14.7 Å². The lowest BCUT2D eigenvalue weighted by molar-refractivity contribution is -0.142. The zero-order chi connectivity index (χ0) is 15.3. The lowest BCUT2D eigenvalue weighted by Crippen LogP contribution is -2.43. The molecule has 0 saturated heterocycles. The Balaban J connectivity index is 2.71. The van der Waals surface area contributed by atoms with Crippen LogP contribution in [-0.4, -0.2) is 23.0 Å². The van der Waals surface area contributed by atoms with Gasteiger partial charge in [0.15, 0.2) is 0 Å². The van der Waals surface area contributed by atoms with E-state index in [0.717, 1.165) is 10.0 Å². The first-order chi connectivity index (χ1) is 9.17. The van der Waals surface area contributed by atoms with Gasteiger partial charge < -0.3 is 10.4 Å². The van der Waals surface area contributed by atoms with Crippen LogP contribution in [0, 0.1) is 5.41 Å². The third-order valence-electron chi connectivity index (χ3n) is 2.65. The maximum atomic E-state index is 11.8. The van der Waals surface area contributed by atoms with E-state index >= 15 is 0 Å². The highest BCUT2D eigenvalue weighted by Crippen LogP contribution is 2.18. The molecule has 1 aromatic rings. The third-order valence-corrected chi connectivity index (χ3v) is 3.15. The quantitative estimate of drug-likeness (QED) is 0.865.